The number of rotatable bonds is 5. The van der Waals surface area contributed by atoms with E-state index < -0.39 is 0 Å². The van der Waals surface area contributed by atoms with E-state index in [1.165, 1.54) is 11.3 Å². The van der Waals surface area contributed by atoms with E-state index in [2.05, 4.69) is 4.98 Å². The predicted octanol–water partition coefficient (Wildman–Crippen LogP) is 2.81. The molecule has 100 valence electrons. The molecule has 0 fully saturated rings. The molecule has 2 heterocycles. The number of carbonyl (C=O) groups excluding carboxylic acids is 1. The van der Waals surface area contributed by atoms with Gasteiger partial charge < -0.3 is 9.64 Å². The summed E-state index contributed by atoms with van der Waals surface area (Å²) < 4.78 is 5.46. The van der Waals surface area contributed by atoms with Gasteiger partial charge in [-0.15, -0.1) is 11.3 Å². The van der Waals surface area contributed by atoms with Crippen LogP contribution in [0.15, 0.2) is 35.8 Å². The Morgan fingerprint density at radius 1 is 1.42 bits per heavy atom. The molecule has 19 heavy (non-hydrogen) atoms. The third-order valence-corrected chi connectivity index (χ3v) is 3.48. The highest BCUT2D eigenvalue weighted by Gasteiger charge is 2.15. The smallest absolute Gasteiger partial charge is 0.263 e. The first kappa shape index (κ1) is 13.5. The van der Waals surface area contributed by atoms with Gasteiger partial charge in [-0.25, -0.2) is 4.98 Å². The summed E-state index contributed by atoms with van der Waals surface area (Å²) in [6.45, 7) is 2.96. The van der Waals surface area contributed by atoms with Gasteiger partial charge in [0.05, 0.1) is 18.0 Å². The Labute approximate surface area is 116 Å². The Bertz CT molecular complexity index is 540. The Kier molecular flexibility index (Phi) is 4.52. The molecule has 0 aromatic carbocycles. The first-order valence-electron chi connectivity index (χ1n) is 6.08. The fourth-order valence-electron chi connectivity index (χ4n) is 1.73. The van der Waals surface area contributed by atoms with E-state index in [-0.39, 0.29) is 5.91 Å². The van der Waals surface area contributed by atoms with Gasteiger partial charge in [0.1, 0.15) is 0 Å². The number of nitrogens with zero attached hydrogens (tertiary/aromatic N) is 2. The third-order valence-electron chi connectivity index (χ3n) is 2.62. The second-order valence-corrected chi connectivity index (χ2v) is 4.99. The van der Waals surface area contributed by atoms with Crippen LogP contribution in [-0.2, 0) is 6.54 Å². The van der Waals surface area contributed by atoms with Crippen molar-refractivity contribution in [1.29, 1.82) is 0 Å². The zero-order valence-corrected chi connectivity index (χ0v) is 11.8. The minimum absolute atomic E-state index is 0.0151. The number of carbonyl (C=O) groups is 1. The van der Waals surface area contributed by atoms with Gasteiger partial charge in [-0.1, -0.05) is 12.1 Å². The molecule has 0 saturated carbocycles. The number of amides is 1. The van der Waals surface area contributed by atoms with Gasteiger partial charge in [0.15, 0.2) is 0 Å². The molecule has 0 aliphatic rings. The number of aromatic nitrogens is 1. The Morgan fingerprint density at radius 2 is 2.26 bits per heavy atom. The molecule has 2 aromatic rings. The summed E-state index contributed by atoms with van der Waals surface area (Å²) >= 11 is 1.45. The van der Waals surface area contributed by atoms with Crippen molar-refractivity contribution in [2.45, 2.75) is 13.5 Å². The van der Waals surface area contributed by atoms with Crippen LogP contribution in [0.25, 0.3) is 0 Å². The van der Waals surface area contributed by atoms with E-state index in [0.29, 0.717) is 19.0 Å². The van der Waals surface area contributed by atoms with Crippen LogP contribution in [0.3, 0.4) is 0 Å². The highest BCUT2D eigenvalue weighted by atomic mass is 32.1. The SMILES string of the molecule is CCOc1ncccc1CN(C)C(=O)c1cccs1. The van der Waals surface area contributed by atoms with E-state index in [0.717, 1.165) is 10.4 Å². The van der Waals surface area contributed by atoms with Crippen molar-refractivity contribution in [1.82, 2.24) is 9.88 Å². The zero-order valence-electron chi connectivity index (χ0n) is 11.0. The van der Waals surface area contributed by atoms with Crippen molar-refractivity contribution >= 4 is 17.2 Å². The summed E-state index contributed by atoms with van der Waals surface area (Å²) in [7, 11) is 1.78. The molecule has 0 spiro atoms. The number of ether oxygens (including phenoxy) is 1. The minimum atomic E-state index is 0.0151. The molecule has 0 saturated heterocycles. The van der Waals surface area contributed by atoms with Crippen LogP contribution in [0.2, 0.25) is 0 Å². The molecule has 2 rings (SSSR count). The Balaban J connectivity index is 2.10. The molecule has 0 aliphatic heterocycles. The molecule has 0 radical (unpaired) electrons. The van der Waals surface area contributed by atoms with Gasteiger partial charge >= 0.3 is 0 Å². The van der Waals surface area contributed by atoms with Gasteiger partial charge in [0, 0.05) is 18.8 Å². The lowest BCUT2D eigenvalue weighted by molar-refractivity contribution is 0.0788. The monoisotopic (exact) mass is 276 g/mol. The second-order valence-electron chi connectivity index (χ2n) is 4.04. The first-order valence-corrected chi connectivity index (χ1v) is 6.96. The van der Waals surface area contributed by atoms with E-state index in [4.69, 9.17) is 4.74 Å². The van der Waals surface area contributed by atoms with Crippen molar-refractivity contribution in [2.75, 3.05) is 13.7 Å². The summed E-state index contributed by atoms with van der Waals surface area (Å²) in [5.41, 5.74) is 0.914. The minimum Gasteiger partial charge on any atom is -0.478 e. The standard InChI is InChI=1S/C14H16N2O2S/c1-3-18-13-11(6-4-8-15-13)10-16(2)14(17)12-7-5-9-19-12/h4-9H,3,10H2,1-2H3. The van der Waals surface area contributed by atoms with Crippen LogP contribution in [0, 0.1) is 0 Å². The van der Waals surface area contributed by atoms with Crippen LogP contribution in [0.4, 0.5) is 0 Å². The highest BCUT2D eigenvalue weighted by molar-refractivity contribution is 7.12. The summed E-state index contributed by atoms with van der Waals surface area (Å²) in [6.07, 6.45) is 1.69. The van der Waals surface area contributed by atoms with Crippen LogP contribution in [-0.4, -0.2) is 29.4 Å². The molecule has 0 atom stereocenters. The summed E-state index contributed by atoms with van der Waals surface area (Å²) in [6, 6.07) is 7.48. The lowest BCUT2D eigenvalue weighted by Gasteiger charge is -2.17. The van der Waals surface area contributed by atoms with Gasteiger partial charge in [0.2, 0.25) is 5.88 Å². The molecule has 0 unspecified atom stereocenters. The van der Waals surface area contributed by atoms with E-state index in [1.54, 1.807) is 18.1 Å². The zero-order chi connectivity index (χ0) is 13.7. The molecule has 4 nitrogen and oxygen atoms in total. The molecule has 0 bridgehead atoms. The highest BCUT2D eigenvalue weighted by Crippen LogP contribution is 2.18. The van der Waals surface area contributed by atoms with Crippen LogP contribution < -0.4 is 4.74 Å². The maximum absolute atomic E-state index is 12.2. The fourth-order valence-corrected chi connectivity index (χ4v) is 2.44. The van der Waals surface area contributed by atoms with Crippen molar-refractivity contribution in [3.05, 3.63) is 46.3 Å². The maximum Gasteiger partial charge on any atom is 0.263 e. The van der Waals surface area contributed by atoms with Crippen molar-refractivity contribution in [3.8, 4) is 5.88 Å². The van der Waals surface area contributed by atoms with E-state index in [9.17, 15) is 4.79 Å². The van der Waals surface area contributed by atoms with Crippen molar-refractivity contribution in [2.24, 2.45) is 0 Å². The van der Waals surface area contributed by atoms with E-state index in [1.807, 2.05) is 36.6 Å². The topological polar surface area (TPSA) is 42.4 Å². The average Bonchev–Trinajstić information content (AvgIpc) is 2.94. The summed E-state index contributed by atoms with van der Waals surface area (Å²) in [5, 5.41) is 1.90. The largest absolute Gasteiger partial charge is 0.478 e. The summed E-state index contributed by atoms with van der Waals surface area (Å²) in [4.78, 5) is 18.8. The summed E-state index contributed by atoms with van der Waals surface area (Å²) in [5.74, 6) is 0.608. The van der Waals surface area contributed by atoms with Crippen molar-refractivity contribution in [3.63, 3.8) is 0 Å². The molecule has 5 heteroatoms. The molecule has 2 aromatic heterocycles. The predicted molar refractivity (Wildman–Crippen MR) is 75.5 cm³/mol. The first-order chi connectivity index (χ1) is 9.22. The van der Waals surface area contributed by atoms with Crippen molar-refractivity contribution < 1.29 is 9.53 Å². The number of hydrogen-bond donors (Lipinski definition) is 0. The maximum atomic E-state index is 12.2. The molecule has 0 aliphatic carbocycles. The number of hydrogen-bond acceptors (Lipinski definition) is 4. The lowest BCUT2D eigenvalue weighted by atomic mass is 10.2. The Hall–Kier alpha value is -1.88. The molecule has 0 N–H and O–H groups in total. The average molecular weight is 276 g/mol. The lowest BCUT2D eigenvalue weighted by Crippen LogP contribution is -2.25. The van der Waals surface area contributed by atoms with E-state index >= 15 is 0 Å². The quantitative estimate of drug-likeness (QED) is 0.843. The Morgan fingerprint density at radius 3 is 2.95 bits per heavy atom. The second kappa shape index (κ2) is 6.33. The molecular formula is C14H16N2O2S. The van der Waals surface area contributed by atoms with Gasteiger partial charge in [-0.2, -0.15) is 0 Å². The number of thiophene rings is 1. The third kappa shape index (κ3) is 3.32. The number of pyridine rings is 1. The molecular weight excluding hydrogens is 260 g/mol. The van der Waals surface area contributed by atoms with Crippen LogP contribution in [0.5, 0.6) is 5.88 Å². The normalized spacial score (nSPS) is 10.2. The van der Waals surface area contributed by atoms with Gasteiger partial charge in [-0.05, 0) is 24.4 Å². The van der Waals surface area contributed by atoms with Crippen LogP contribution in [0.1, 0.15) is 22.2 Å². The van der Waals surface area contributed by atoms with Crippen LogP contribution >= 0.6 is 11.3 Å². The van der Waals surface area contributed by atoms with Gasteiger partial charge in [-0.3, -0.25) is 4.79 Å². The fraction of sp³-hybridized carbons (Fsp3) is 0.286. The van der Waals surface area contributed by atoms with Gasteiger partial charge in [0.25, 0.3) is 5.91 Å². The molecule has 1 amide bonds.